The summed E-state index contributed by atoms with van der Waals surface area (Å²) in [6.07, 6.45) is 0. The third-order valence-corrected chi connectivity index (χ3v) is 5.27. The second-order valence-electron chi connectivity index (χ2n) is 6.81. The predicted octanol–water partition coefficient (Wildman–Crippen LogP) is 6.12. The van der Waals surface area contributed by atoms with Crippen molar-refractivity contribution in [3.05, 3.63) is 101 Å². The molecule has 0 amide bonds. The fraction of sp³-hybridized carbons (Fsp3) is 0.0833. The summed E-state index contributed by atoms with van der Waals surface area (Å²) in [7, 11) is 0. The summed E-state index contributed by atoms with van der Waals surface area (Å²) in [5.41, 5.74) is 2.10. The molecule has 134 valence electrons. The fourth-order valence-corrected chi connectivity index (χ4v) is 3.76. The van der Waals surface area contributed by atoms with E-state index in [0.29, 0.717) is 5.02 Å². The number of benzene rings is 4. The van der Waals surface area contributed by atoms with E-state index in [1.807, 2.05) is 78.9 Å². The van der Waals surface area contributed by atoms with Crippen molar-refractivity contribution in [3.63, 3.8) is 0 Å². The number of aromatic hydroxyl groups is 1. The van der Waals surface area contributed by atoms with Crippen LogP contribution in [0.15, 0.2) is 84.9 Å². The van der Waals surface area contributed by atoms with Crippen LogP contribution in [0.5, 0.6) is 5.75 Å². The molecule has 2 nitrogen and oxygen atoms in total. The lowest BCUT2D eigenvalue weighted by molar-refractivity contribution is 0.103. The van der Waals surface area contributed by atoms with E-state index in [1.165, 1.54) is 0 Å². The third kappa shape index (κ3) is 3.08. The van der Waals surface area contributed by atoms with Crippen molar-refractivity contribution >= 4 is 22.4 Å². The molecule has 0 radical (unpaired) electrons. The Bertz CT molecular complexity index is 1120. The number of hydrogen-bond acceptors (Lipinski definition) is 2. The van der Waals surface area contributed by atoms with Gasteiger partial charge in [-0.2, -0.15) is 0 Å². The molecule has 0 aliphatic carbocycles. The molecule has 4 aromatic rings. The summed E-state index contributed by atoms with van der Waals surface area (Å²) in [5.74, 6) is 0.236. The summed E-state index contributed by atoms with van der Waals surface area (Å²) in [6, 6.07) is 26.4. The Hall–Kier alpha value is -2.81. The van der Waals surface area contributed by atoms with Crippen LogP contribution in [0.1, 0.15) is 18.1 Å². The van der Waals surface area contributed by atoms with E-state index in [1.54, 1.807) is 13.0 Å². The summed E-state index contributed by atoms with van der Waals surface area (Å²) in [5, 5.41) is 23.9. The van der Waals surface area contributed by atoms with Crippen molar-refractivity contribution in [1.29, 1.82) is 0 Å². The number of aliphatic hydroxyl groups is 1. The Labute approximate surface area is 163 Å². The molecule has 0 spiro atoms. The predicted molar refractivity (Wildman–Crippen MR) is 111 cm³/mol. The van der Waals surface area contributed by atoms with Gasteiger partial charge in [0.05, 0.1) is 0 Å². The minimum absolute atomic E-state index is 0.236. The minimum atomic E-state index is -1.22. The molecule has 0 aliphatic heterocycles. The van der Waals surface area contributed by atoms with Crippen LogP contribution in [0.3, 0.4) is 0 Å². The van der Waals surface area contributed by atoms with E-state index in [2.05, 4.69) is 0 Å². The molecular weight excluding hydrogens is 356 g/mol. The van der Waals surface area contributed by atoms with Crippen LogP contribution < -0.4 is 0 Å². The zero-order valence-corrected chi connectivity index (χ0v) is 15.6. The molecule has 0 aliphatic rings. The van der Waals surface area contributed by atoms with Gasteiger partial charge in [-0.25, -0.2) is 0 Å². The number of halogens is 1. The SMILES string of the molecule is CC(O)(c1ccccc1)c1cc(Cl)ccc1-c1ccc(O)c2ccccc12. The third-order valence-electron chi connectivity index (χ3n) is 5.03. The van der Waals surface area contributed by atoms with Crippen LogP contribution in [0.2, 0.25) is 5.02 Å². The summed E-state index contributed by atoms with van der Waals surface area (Å²) in [4.78, 5) is 0. The zero-order chi connectivity index (χ0) is 19.0. The standard InChI is InChI=1S/C24H19ClO2/c1-24(27,16-7-3-2-4-8-16)22-15-17(25)11-12-20(22)19-13-14-23(26)21-10-6-5-9-18(19)21/h2-15,26-27H,1H3. The summed E-state index contributed by atoms with van der Waals surface area (Å²) >= 11 is 6.29. The Balaban J connectivity index is 2.01. The molecule has 1 unspecified atom stereocenters. The number of hydrogen-bond donors (Lipinski definition) is 2. The monoisotopic (exact) mass is 374 g/mol. The number of phenols is 1. The highest BCUT2D eigenvalue weighted by atomic mass is 35.5. The topological polar surface area (TPSA) is 40.5 Å². The first-order valence-electron chi connectivity index (χ1n) is 8.77. The smallest absolute Gasteiger partial charge is 0.123 e. The molecule has 0 aromatic heterocycles. The van der Waals surface area contributed by atoms with E-state index in [4.69, 9.17) is 11.6 Å². The maximum atomic E-state index is 11.4. The van der Waals surface area contributed by atoms with Gasteiger partial charge in [0.1, 0.15) is 11.4 Å². The van der Waals surface area contributed by atoms with E-state index in [-0.39, 0.29) is 5.75 Å². The molecule has 27 heavy (non-hydrogen) atoms. The van der Waals surface area contributed by atoms with Crippen molar-refractivity contribution in [2.24, 2.45) is 0 Å². The maximum Gasteiger partial charge on any atom is 0.123 e. The Kier molecular flexibility index (Phi) is 4.39. The lowest BCUT2D eigenvalue weighted by Gasteiger charge is -2.28. The number of fused-ring (bicyclic) bond motifs is 1. The van der Waals surface area contributed by atoms with Crippen molar-refractivity contribution in [3.8, 4) is 16.9 Å². The van der Waals surface area contributed by atoms with Gasteiger partial charge in [0.2, 0.25) is 0 Å². The zero-order valence-electron chi connectivity index (χ0n) is 14.9. The van der Waals surface area contributed by atoms with Gasteiger partial charge in [-0.1, -0.05) is 78.3 Å². The highest BCUT2D eigenvalue weighted by Gasteiger charge is 2.29. The first-order chi connectivity index (χ1) is 13.0. The van der Waals surface area contributed by atoms with Crippen molar-refractivity contribution in [2.45, 2.75) is 12.5 Å². The molecule has 0 fully saturated rings. The van der Waals surface area contributed by atoms with Gasteiger partial charge in [-0.15, -0.1) is 0 Å². The van der Waals surface area contributed by atoms with E-state index >= 15 is 0 Å². The van der Waals surface area contributed by atoms with Crippen LogP contribution >= 0.6 is 11.6 Å². The molecule has 0 heterocycles. The Morgan fingerprint density at radius 3 is 2.11 bits per heavy atom. The average molecular weight is 375 g/mol. The first-order valence-corrected chi connectivity index (χ1v) is 9.15. The molecule has 2 N–H and O–H groups in total. The molecule has 3 heteroatoms. The fourth-order valence-electron chi connectivity index (χ4n) is 3.59. The molecule has 0 bridgehead atoms. The Morgan fingerprint density at radius 1 is 0.741 bits per heavy atom. The van der Waals surface area contributed by atoms with Gasteiger partial charge < -0.3 is 10.2 Å². The lowest BCUT2D eigenvalue weighted by Crippen LogP contribution is -2.23. The molecule has 4 rings (SSSR count). The number of rotatable bonds is 3. The van der Waals surface area contributed by atoms with Gasteiger partial charge in [-0.3, -0.25) is 0 Å². The van der Waals surface area contributed by atoms with Crippen molar-refractivity contribution in [2.75, 3.05) is 0 Å². The average Bonchev–Trinajstić information content (AvgIpc) is 2.69. The van der Waals surface area contributed by atoms with Crippen LogP contribution in [-0.4, -0.2) is 10.2 Å². The summed E-state index contributed by atoms with van der Waals surface area (Å²) < 4.78 is 0. The normalized spacial score (nSPS) is 13.4. The largest absolute Gasteiger partial charge is 0.507 e. The molecule has 1 atom stereocenters. The van der Waals surface area contributed by atoms with Gasteiger partial charge in [0, 0.05) is 10.4 Å². The first kappa shape index (κ1) is 17.6. The van der Waals surface area contributed by atoms with Gasteiger partial charge in [-0.05, 0) is 52.8 Å². The number of phenolic OH excluding ortho intramolecular Hbond substituents is 1. The second-order valence-corrected chi connectivity index (χ2v) is 7.24. The van der Waals surface area contributed by atoms with Crippen LogP contribution in [-0.2, 0) is 5.60 Å². The van der Waals surface area contributed by atoms with Gasteiger partial charge in [0.25, 0.3) is 0 Å². The van der Waals surface area contributed by atoms with Gasteiger partial charge in [0.15, 0.2) is 0 Å². The van der Waals surface area contributed by atoms with E-state index < -0.39 is 5.60 Å². The lowest BCUT2D eigenvalue weighted by atomic mass is 9.82. The van der Waals surface area contributed by atoms with Crippen LogP contribution in [0.4, 0.5) is 0 Å². The van der Waals surface area contributed by atoms with Crippen LogP contribution in [0, 0.1) is 0 Å². The van der Waals surface area contributed by atoms with Crippen molar-refractivity contribution in [1.82, 2.24) is 0 Å². The maximum absolute atomic E-state index is 11.4. The Morgan fingerprint density at radius 2 is 1.37 bits per heavy atom. The summed E-state index contributed by atoms with van der Waals surface area (Å²) in [6.45, 7) is 1.78. The minimum Gasteiger partial charge on any atom is -0.507 e. The molecule has 0 saturated carbocycles. The molecule has 0 saturated heterocycles. The van der Waals surface area contributed by atoms with E-state index in [9.17, 15) is 10.2 Å². The van der Waals surface area contributed by atoms with Gasteiger partial charge >= 0.3 is 0 Å². The molecule has 4 aromatic carbocycles. The van der Waals surface area contributed by atoms with Crippen molar-refractivity contribution < 1.29 is 10.2 Å². The highest BCUT2D eigenvalue weighted by molar-refractivity contribution is 6.30. The quantitative estimate of drug-likeness (QED) is 0.453. The highest BCUT2D eigenvalue weighted by Crippen LogP contribution is 2.41. The second kappa shape index (κ2) is 6.73. The van der Waals surface area contributed by atoms with Crippen LogP contribution in [0.25, 0.3) is 21.9 Å². The molecular formula is C24H19ClO2. The van der Waals surface area contributed by atoms with E-state index in [0.717, 1.165) is 33.0 Å².